The molecule has 13 heteroatoms. The van der Waals surface area contributed by atoms with Crippen molar-refractivity contribution in [2.45, 2.75) is 30.8 Å². The number of alkyl halides is 3. The Bertz CT molecular complexity index is 1340. The highest BCUT2D eigenvalue weighted by atomic mass is 32.2. The first kappa shape index (κ1) is 23.1. The number of aromatic nitrogens is 3. The van der Waals surface area contributed by atoms with Crippen LogP contribution in [-0.2, 0) is 21.2 Å². The summed E-state index contributed by atoms with van der Waals surface area (Å²) in [7, 11) is -5.55. The Morgan fingerprint density at radius 2 is 1.81 bits per heavy atom. The summed E-state index contributed by atoms with van der Waals surface area (Å²) >= 11 is 0. The number of nitrogens with one attached hydrogen (secondary N) is 1. The number of sulfone groups is 1. The number of carbonyl (C=O) groups is 1. The highest BCUT2D eigenvalue weighted by Gasteiger charge is 2.46. The summed E-state index contributed by atoms with van der Waals surface area (Å²) < 4.78 is 63.3. The van der Waals surface area contributed by atoms with Crippen molar-refractivity contribution in [2.24, 2.45) is 0 Å². The summed E-state index contributed by atoms with van der Waals surface area (Å²) in [5.41, 5.74) is -5.20. The molecule has 0 spiro atoms. The van der Waals surface area contributed by atoms with E-state index in [1.165, 1.54) is 30.8 Å². The van der Waals surface area contributed by atoms with E-state index in [1.54, 1.807) is 6.07 Å². The summed E-state index contributed by atoms with van der Waals surface area (Å²) in [6, 6.07) is 4.95. The Balaban J connectivity index is 2.03. The van der Waals surface area contributed by atoms with Crippen LogP contribution in [0.3, 0.4) is 0 Å². The second kappa shape index (κ2) is 8.15. The second-order valence-electron chi connectivity index (χ2n) is 6.77. The summed E-state index contributed by atoms with van der Waals surface area (Å²) in [6.07, 6.45) is 2.85. The van der Waals surface area contributed by atoms with Crippen molar-refractivity contribution in [1.29, 1.82) is 0 Å². The van der Waals surface area contributed by atoms with E-state index in [0.29, 0.717) is 23.4 Å². The minimum Gasteiger partial charge on any atom is -0.493 e. The number of hydrogen-bond donors (Lipinski definition) is 2. The van der Waals surface area contributed by atoms with Crippen molar-refractivity contribution in [3.05, 3.63) is 64.5 Å². The molecule has 0 saturated heterocycles. The molecule has 0 aliphatic rings. The second-order valence-corrected chi connectivity index (χ2v) is 8.71. The molecule has 3 rings (SSSR count). The van der Waals surface area contributed by atoms with Crippen LogP contribution in [0.5, 0.6) is 5.88 Å². The molecule has 1 aromatic carbocycles. The average molecular weight is 470 g/mol. The number of carbonyl (C=O) groups excluding carboxylic acids is 1. The van der Waals surface area contributed by atoms with E-state index >= 15 is 0 Å². The number of nitrogens with zero attached hydrogens (tertiary/aromatic N) is 3. The summed E-state index contributed by atoms with van der Waals surface area (Å²) in [5.74, 6) is -0.825. The van der Waals surface area contributed by atoms with Crippen molar-refractivity contribution in [3.63, 3.8) is 0 Å². The van der Waals surface area contributed by atoms with Crippen LogP contribution in [0.1, 0.15) is 18.2 Å². The van der Waals surface area contributed by atoms with Gasteiger partial charge in [0.05, 0.1) is 34.7 Å². The first-order chi connectivity index (χ1) is 14.8. The maximum atomic E-state index is 13.0. The number of amides is 1. The molecule has 0 atom stereocenters. The van der Waals surface area contributed by atoms with Gasteiger partial charge in [-0.2, -0.15) is 13.2 Å². The van der Waals surface area contributed by atoms with E-state index in [1.807, 2.05) is 0 Å². The van der Waals surface area contributed by atoms with Crippen molar-refractivity contribution in [3.8, 4) is 11.6 Å². The van der Waals surface area contributed by atoms with Crippen molar-refractivity contribution >= 4 is 21.4 Å². The van der Waals surface area contributed by atoms with Crippen LogP contribution in [0.15, 0.2) is 52.4 Å². The molecule has 0 unspecified atom stereocenters. The van der Waals surface area contributed by atoms with E-state index in [4.69, 9.17) is 0 Å². The maximum Gasteiger partial charge on any atom is 0.501 e. The minimum atomic E-state index is -5.55. The van der Waals surface area contributed by atoms with Crippen molar-refractivity contribution in [2.75, 3.05) is 5.32 Å². The number of benzene rings is 1. The van der Waals surface area contributed by atoms with Crippen LogP contribution in [-0.4, -0.2) is 39.1 Å². The van der Waals surface area contributed by atoms with Gasteiger partial charge < -0.3 is 10.4 Å². The molecule has 2 aromatic heterocycles. The third-order valence-electron chi connectivity index (χ3n) is 4.62. The predicted molar refractivity (Wildman–Crippen MR) is 107 cm³/mol. The lowest BCUT2D eigenvalue weighted by Gasteiger charge is -2.10. The van der Waals surface area contributed by atoms with Crippen LogP contribution in [0.4, 0.5) is 18.9 Å². The molecule has 1 amide bonds. The van der Waals surface area contributed by atoms with Crippen LogP contribution >= 0.6 is 0 Å². The van der Waals surface area contributed by atoms with Crippen LogP contribution < -0.4 is 11.0 Å². The van der Waals surface area contributed by atoms with Crippen molar-refractivity contribution in [1.82, 2.24) is 14.1 Å². The van der Waals surface area contributed by atoms with Gasteiger partial charge in [-0.1, -0.05) is 0 Å². The van der Waals surface area contributed by atoms with Crippen molar-refractivity contribution < 1.29 is 31.5 Å². The Morgan fingerprint density at radius 3 is 2.38 bits per heavy atom. The molecule has 0 aliphatic carbocycles. The minimum absolute atomic E-state index is 0.0349. The van der Waals surface area contributed by atoms with Crippen LogP contribution in [0.2, 0.25) is 0 Å². The molecule has 32 heavy (non-hydrogen) atoms. The number of pyridine rings is 1. The molecule has 0 saturated carbocycles. The Hall–Kier alpha value is -3.61. The molecule has 2 N–H and O–H groups in total. The number of anilines is 1. The lowest BCUT2D eigenvalue weighted by atomic mass is 10.2. The summed E-state index contributed by atoms with van der Waals surface area (Å²) in [4.78, 5) is 27.3. The zero-order valence-corrected chi connectivity index (χ0v) is 17.5. The van der Waals surface area contributed by atoms with Gasteiger partial charge in [-0.3, -0.25) is 14.3 Å². The fourth-order valence-corrected chi connectivity index (χ4v) is 3.76. The van der Waals surface area contributed by atoms with Gasteiger partial charge in [-0.15, -0.1) is 0 Å². The standard InChI is InChI=1S/C19H17F3N4O5S/c1-11-17(28)26(14-3-5-15(6-4-14)32(30,31)19(20,21)22)18(29)25(11)10-13-7-8-23-9-16(13)24-12(2)27/h3-9,28H,10H2,1-2H3,(H,24,27). The first-order valence-corrected chi connectivity index (χ1v) is 10.5. The molecule has 2 heterocycles. The molecular formula is C19H17F3N4O5S. The first-order valence-electron chi connectivity index (χ1n) is 8.98. The smallest absolute Gasteiger partial charge is 0.493 e. The highest BCUT2D eigenvalue weighted by molar-refractivity contribution is 7.92. The van der Waals surface area contributed by atoms with Gasteiger partial charge in [-0.05, 0) is 42.8 Å². The molecule has 0 fully saturated rings. The van der Waals surface area contributed by atoms with E-state index in [-0.39, 0.29) is 23.8 Å². The number of aromatic hydroxyl groups is 1. The third-order valence-corrected chi connectivity index (χ3v) is 6.13. The fraction of sp³-hybridized carbons (Fsp3) is 0.211. The lowest BCUT2D eigenvalue weighted by Crippen LogP contribution is -2.25. The van der Waals surface area contributed by atoms with Gasteiger partial charge in [0.15, 0.2) is 0 Å². The molecular weight excluding hydrogens is 453 g/mol. The SMILES string of the molecule is CC(=O)Nc1cnccc1Cn1c(C)c(O)n(-c2ccc(S(=O)(=O)C(F)(F)F)cc2)c1=O. The zero-order chi connectivity index (χ0) is 23.8. The van der Waals surface area contributed by atoms with E-state index < -0.39 is 31.8 Å². The normalized spacial score (nSPS) is 12.0. The van der Waals surface area contributed by atoms with E-state index in [2.05, 4.69) is 10.3 Å². The molecule has 170 valence electrons. The lowest BCUT2D eigenvalue weighted by molar-refractivity contribution is -0.114. The number of hydrogen-bond acceptors (Lipinski definition) is 6. The quantitative estimate of drug-likeness (QED) is 0.590. The number of rotatable bonds is 5. The summed E-state index contributed by atoms with van der Waals surface area (Å²) in [5, 5.41) is 13.0. The fourth-order valence-electron chi connectivity index (χ4n) is 3.00. The molecule has 0 aliphatic heterocycles. The van der Waals surface area contributed by atoms with Crippen LogP contribution in [0.25, 0.3) is 5.69 Å². The van der Waals surface area contributed by atoms with Gasteiger partial charge in [0.1, 0.15) is 0 Å². The molecule has 0 radical (unpaired) electrons. The van der Waals surface area contributed by atoms with E-state index in [9.17, 15) is 36.3 Å². The predicted octanol–water partition coefficient (Wildman–Crippen LogP) is 2.35. The van der Waals surface area contributed by atoms with Gasteiger partial charge in [0.25, 0.3) is 9.84 Å². The van der Waals surface area contributed by atoms with Gasteiger partial charge in [0, 0.05) is 13.1 Å². The number of imidazole rings is 1. The third kappa shape index (κ3) is 4.10. The maximum absolute atomic E-state index is 13.0. The van der Waals surface area contributed by atoms with Gasteiger partial charge >= 0.3 is 11.2 Å². The highest BCUT2D eigenvalue weighted by Crippen LogP contribution is 2.31. The largest absolute Gasteiger partial charge is 0.501 e. The topological polar surface area (TPSA) is 123 Å². The average Bonchev–Trinajstić information content (AvgIpc) is 2.91. The molecule has 9 nitrogen and oxygen atoms in total. The summed E-state index contributed by atoms with van der Waals surface area (Å²) in [6.45, 7) is 2.71. The Kier molecular flexibility index (Phi) is 5.87. The van der Waals surface area contributed by atoms with E-state index in [0.717, 1.165) is 16.7 Å². The Morgan fingerprint density at radius 1 is 1.19 bits per heavy atom. The van der Waals surface area contributed by atoms with Gasteiger partial charge in [-0.25, -0.2) is 17.8 Å². The number of halogens is 3. The molecule has 3 aromatic rings. The Labute approximate surface area is 179 Å². The molecule has 0 bridgehead atoms. The van der Waals surface area contributed by atoms with Gasteiger partial charge in [0.2, 0.25) is 11.8 Å². The van der Waals surface area contributed by atoms with Crippen LogP contribution in [0, 0.1) is 6.92 Å². The monoisotopic (exact) mass is 470 g/mol. The zero-order valence-electron chi connectivity index (χ0n) is 16.7.